The Hall–Kier alpha value is -4.59. The summed E-state index contributed by atoms with van der Waals surface area (Å²) >= 11 is 0. The largest absolute Gasteiger partial charge is 0.371 e. The molecule has 184 valence electrons. The van der Waals surface area contributed by atoms with Crippen molar-refractivity contribution in [2.45, 2.75) is 18.8 Å². The third-order valence-electron chi connectivity index (χ3n) is 6.94. The number of halogens is 1. The maximum Gasteiger partial charge on any atom is 0.258 e. The number of amides is 1. The number of anilines is 2. The lowest BCUT2D eigenvalue weighted by molar-refractivity contribution is 0.102. The molecule has 0 bridgehead atoms. The molecular formula is C29H25FN6O. The molecule has 1 saturated heterocycles. The van der Waals surface area contributed by atoms with Gasteiger partial charge in [-0.2, -0.15) is 10.3 Å². The molecular weight excluding hydrogens is 467 g/mol. The van der Waals surface area contributed by atoms with Crippen LogP contribution in [0.15, 0.2) is 84.9 Å². The van der Waals surface area contributed by atoms with Crippen LogP contribution in [0.25, 0.3) is 22.4 Å². The van der Waals surface area contributed by atoms with Gasteiger partial charge in [0.2, 0.25) is 5.65 Å². The molecule has 7 nitrogen and oxygen atoms in total. The lowest BCUT2D eigenvalue weighted by Gasteiger charge is -2.34. The van der Waals surface area contributed by atoms with Crippen LogP contribution in [0.4, 0.5) is 15.8 Å². The summed E-state index contributed by atoms with van der Waals surface area (Å²) in [6, 6.07) is 26.3. The summed E-state index contributed by atoms with van der Waals surface area (Å²) in [5.41, 5.74) is 5.37. The summed E-state index contributed by atoms with van der Waals surface area (Å²) in [4.78, 5) is 19.7. The fourth-order valence-corrected chi connectivity index (χ4v) is 4.91. The molecule has 0 saturated carbocycles. The molecule has 3 heterocycles. The predicted molar refractivity (Wildman–Crippen MR) is 142 cm³/mol. The van der Waals surface area contributed by atoms with Crippen molar-refractivity contribution in [3.63, 3.8) is 0 Å². The number of aromatic amines is 1. The van der Waals surface area contributed by atoms with Crippen LogP contribution in [0.1, 0.15) is 34.7 Å². The highest BCUT2D eigenvalue weighted by molar-refractivity contribution is 6.05. The van der Waals surface area contributed by atoms with Crippen LogP contribution in [-0.4, -0.2) is 39.4 Å². The smallest absolute Gasteiger partial charge is 0.258 e. The highest BCUT2D eigenvalue weighted by atomic mass is 19.1. The number of aromatic nitrogens is 4. The Kier molecular flexibility index (Phi) is 6.06. The number of pyridine rings is 1. The zero-order valence-electron chi connectivity index (χ0n) is 20.1. The van der Waals surface area contributed by atoms with Crippen LogP contribution < -0.4 is 10.2 Å². The van der Waals surface area contributed by atoms with Crippen LogP contribution in [0.5, 0.6) is 0 Å². The second-order valence-corrected chi connectivity index (χ2v) is 9.23. The van der Waals surface area contributed by atoms with Crippen LogP contribution >= 0.6 is 0 Å². The van der Waals surface area contributed by atoms with E-state index in [2.05, 4.69) is 60.9 Å². The summed E-state index contributed by atoms with van der Waals surface area (Å²) in [5.74, 6) is -0.519. The van der Waals surface area contributed by atoms with Gasteiger partial charge in [-0.25, -0.2) is 9.37 Å². The Labute approximate surface area is 213 Å². The number of hydrogen-bond acceptors (Lipinski definition) is 5. The van der Waals surface area contributed by atoms with E-state index < -0.39 is 11.7 Å². The van der Waals surface area contributed by atoms with E-state index in [0.717, 1.165) is 31.6 Å². The molecule has 0 spiro atoms. The Bertz CT molecular complexity index is 1540. The standard InChI is InChI=1S/C29H25FN6O/c30-25-11-6-21(26-12-13-27-28(32-26)34-35-33-27)18-24(25)29(37)31-22-7-9-23(10-8-22)36-16-14-20(15-17-36)19-4-2-1-3-5-19/h1-13,18,20H,14-17H2,(H,31,37)(H,32,33,34,35). The van der Waals surface area contributed by atoms with Crippen molar-refractivity contribution in [1.29, 1.82) is 0 Å². The monoisotopic (exact) mass is 492 g/mol. The second kappa shape index (κ2) is 9.81. The van der Waals surface area contributed by atoms with Crippen LogP contribution in [0.2, 0.25) is 0 Å². The lowest BCUT2D eigenvalue weighted by Crippen LogP contribution is -2.32. The highest BCUT2D eigenvalue weighted by Crippen LogP contribution is 2.31. The molecule has 0 aliphatic carbocycles. The number of fused-ring (bicyclic) bond motifs is 1. The average molecular weight is 493 g/mol. The van der Waals surface area contributed by atoms with Gasteiger partial charge >= 0.3 is 0 Å². The van der Waals surface area contributed by atoms with Crippen molar-refractivity contribution in [3.05, 3.63) is 102 Å². The predicted octanol–water partition coefficient (Wildman–Crippen LogP) is 5.80. The molecule has 1 fully saturated rings. The number of carbonyl (C=O) groups is 1. The van der Waals surface area contributed by atoms with E-state index in [9.17, 15) is 9.18 Å². The van der Waals surface area contributed by atoms with Gasteiger partial charge in [-0.05, 0) is 78.9 Å². The van der Waals surface area contributed by atoms with Gasteiger partial charge < -0.3 is 10.2 Å². The minimum absolute atomic E-state index is 0.0494. The summed E-state index contributed by atoms with van der Waals surface area (Å²) < 4.78 is 14.6. The third kappa shape index (κ3) is 4.78. The summed E-state index contributed by atoms with van der Waals surface area (Å²) in [6.07, 6.45) is 2.22. The van der Waals surface area contributed by atoms with Crippen LogP contribution in [0, 0.1) is 5.82 Å². The summed E-state index contributed by atoms with van der Waals surface area (Å²) in [6.45, 7) is 1.97. The van der Waals surface area contributed by atoms with Crippen molar-refractivity contribution in [2.24, 2.45) is 0 Å². The Morgan fingerprint density at radius 3 is 2.49 bits per heavy atom. The molecule has 0 radical (unpaired) electrons. The van der Waals surface area contributed by atoms with E-state index in [4.69, 9.17) is 0 Å². The molecule has 2 aromatic heterocycles. The first-order chi connectivity index (χ1) is 18.1. The molecule has 8 heteroatoms. The van der Waals surface area contributed by atoms with Gasteiger partial charge in [-0.15, -0.1) is 5.10 Å². The van der Waals surface area contributed by atoms with Gasteiger partial charge in [0.05, 0.1) is 11.3 Å². The van der Waals surface area contributed by atoms with Gasteiger partial charge in [0.15, 0.2) is 0 Å². The first kappa shape index (κ1) is 22.8. The number of piperidine rings is 1. The molecule has 1 aliphatic heterocycles. The second-order valence-electron chi connectivity index (χ2n) is 9.23. The number of H-pyrrole nitrogens is 1. The lowest BCUT2D eigenvalue weighted by atomic mass is 9.89. The quantitative estimate of drug-likeness (QED) is 0.324. The zero-order valence-corrected chi connectivity index (χ0v) is 20.1. The number of rotatable bonds is 5. The molecule has 2 N–H and O–H groups in total. The van der Waals surface area contributed by atoms with Crippen molar-refractivity contribution >= 4 is 28.4 Å². The summed E-state index contributed by atoms with van der Waals surface area (Å²) in [5, 5.41) is 13.3. The Balaban J connectivity index is 1.12. The van der Waals surface area contributed by atoms with Gasteiger partial charge in [0.1, 0.15) is 11.3 Å². The van der Waals surface area contributed by atoms with E-state index in [-0.39, 0.29) is 5.56 Å². The minimum Gasteiger partial charge on any atom is -0.371 e. The maximum absolute atomic E-state index is 14.6. The minimum atomic E-state index is -0.596. The van der Waals surface area contributed by atoms with E-state index in [1.54, 1.807) is 18.2 Å². The van der Waals surface area contributed by atoms with Gasteiger partial charge in [-0.3, -0.25) is 4.79 Å². The van der Waals surface area contributed by atoms with Crippen molar-refractivity contribution in [3.8, 4) is 11.3 Å². The molecule has 1 aliphatic rings. The van der Waals surface area contributed by atoms with Crippen molar-refractivity contribution < 1.29 is 9.18 Å². The van der Waals surface area contributed by atoms with Gasteiger partial charge in [-0.1, -0.05) is 30.3 Å². The number of hydrogen-bond donors (Lipinski definition) is 2. The van der Waals surface area contributed by atoms with Crippen molar-refractivity contribution in [2.75, 3.05) is 23.3 Å². The zero-order chi connectivity index (χ0) is 25.2. The topological polar surface area (TPSA) is 86.8 Å². The number of nitrogens with zero attached hydrogens (tertiary/aromatic N) is 4. The Morgan fingerprint density at radius 2 is 1.70 bits per heavy atom. The van der Waals surface area contributed by atoms with E-state index >= 15 is 0 Å². The van der Waals surface area contributed by atoms with E-state index in [1.165, 1.54) is 17.7 Å². The first-order valence-electron chi connectivity index (χ1n) is 12.3. The number of benzene rings is 3. The molecule has 37 heavy (non-hydrogen) atoms. The maximum atomic E-state index is 14.6. The SMILES string of the molecule is O=C(Nc1ccc(N2CCC(c3ccccc3)CC2)cc1)c1cc(-c2ccc3n[nH]nc3n2)ccc1F. The molecule has 5 aromatic rings. The van der Waals surface area contributed by atoms with E-state index in [0.29, 0.717) is 34.0 Å². The fourth-order valence-electron chi connectivity index (χ4n) is 4.91. The first-order valence-corrected chi connectivity index (χ1v) is 12.3. The Morgan fingerprint density at radius 1 is 0.919 bits per heavy atom. The molecule has 6 rings (SSSR count). The van der Waals surface area contributed by atoms with E-state index in [1.807, 2.05) is 24.3 Å². The fraction of sp³-hybridized carbons (Fsp3) is 0.172. The molecule has 3 aromatic carbocycles. The van der Waals surface area contributed by atoms with Crippen LogP contribution in [-0.2, 0) is 0 Å². The van der Waals surface area contributed by atoms with Gasteiger partial charge in [0, 0.05) is 30.0 Å². The molecule has 1 amide bonds. The number of nitrogens with one attached hydrogen (secondary N) is 2. The van der Waals surface area contributed by atoms with Crippen molar-refractivity contribution in [1.82, 2.24) is 20.4 Å². The highest BCUT2D eigenvalue weighted by Gasteiger charge is 2.21. The average Bonchev–Trinajstić information content (AvgIpc) is 3.42. The number of carbonyl (C=O) groups excluding carboxylic acids is 1. The summed E-state index contributed by atoms with van der Waals surface area (Å²) in [7, 11) is 0. The molecule has 0 unspecified atom stereocenters. The van der Waals surface area contributed by atoms with Gasteiger partial charge in [0.25, 0.3) is 5.91 Å². The van der Waals surface area contributed by atoms with Crippen LogP contribution in [0.3, 0.4) is 0 Å². The normalized spacial score (nSPS) is 14.1. The third-order valence-corrected chi connectivity index (χ3v) is 6.94. The molecule has 0 atom stereocenters.